The van der Waals surface area contributed by atoms with E-state index in [1.165, 1.54) is 90.5 Å². The van der Waals surface area contributed by atoms with Gasteiger partial charge in [-0.25, -0.2) is 9.59 Å². The molecule has 4 rings (SSSR count). The van der Waals surface area contributed by atoms with Gasteiger partial charge >= 0.3 is 11.9 Å². The van der Waals surface area contributed by atoms with Crippen LogP contribution in [0.15, 0.2) is 95.1 Å². The first-order valence-electron chi connectivity index (χ1n) is 42.4. The zero-order chi connectivity index (χ0) is 93.0. The van der Waals surface area contributed by atoms with Crippen LogP contribution in [0.3, 0.4) is 0 Å². The van der Waals surface area contributed by atoms with E-state index in [4.69, 9.17) is 32.7 Å². The van der Waals surface area contributed by atoms with Gasteiger partial charge in [-0.05, 0) is 191 Å². The molecular weight excluding hydrogens is 1600 g/mol. The Morgan fingerprint density at radius 3 is 1.14 bits per heavy atom. The van der Waals surface area contributed by atoms with Crippen molar-refractivity contribution in [3.63, 3.8) is 0 Å². The van der Waals surface area contributed by atoms with Crippen molar-refractivity contribution in [2.75, 3.05) is 41.3 Å². The highest BCUT2D eigenvalue weighted by molar-refractivity contribution is 6.30. The van der Waals surface area contributed by atoms with Crippen LogP contribution >= 0.6 is 23.2 Å². The second-order valence-corrected chi connectivity index (χ2v) is 35.9. The maximum Gasteiger partial charge on any atom is 0.331 e. The zero-order valence-electron chi connectivity index (χ0n) is 76.9. The predicted molar refractivity (Wildman–Crippen MR) is 473 cm³/mol. The molecule has 2 aromatic carbocycles. The molecule has 122 heavy (non-hydrogen) atoms. The lowest BCUT2D eigenvalue weighted by Gasteiger charge is -2.34. The average Bonchev–Trinajstić information content (AvgIpc) is 0.829. The molecule has 2 aliphatic heterocycles. The maximum absolute atomic E-state index is 14.2. The molecule has 9 N–H and O–H groups in total. The first-order chi connectivity index (χ1) is 56.7. The molecule has 2 aromatic rings. The number of carbonyl (C=O) groups excluding carboxylic acids is 14. The van der Waals surface area contributed by atoms with Gasteiger partial charge in [0.05, 0.1) is 19.2 Å². The third-order valence-electron chi connectivity index (χ3n) is 22.9. The van der Waals surface area contributed by atoms with Crippen LogP contribution in [0.1, 0.15) is 209 Å². The number of halogens is 2. The highest BCUT2D eigenvalue weighted by atomic mass is 35.5. The monoisotopic (exact) mass is 1740 g/mol. The quantitative estimate of drug-likeness (QED) is 0.0629. The number of likely N-dealkylation sites (N-methyl/N-ethyl adjacent to an activating group) is 4. The van der Waals surface area contributed by atoms with Gasteiger partial charge in [-0.15, -0.1) is 0 Å². The summed E-state index contributed by atoms with van der Waals surface area (Å²) in [7, 11) is 5.71. The van der Waals surface area contributed by atoms with Gasteiger partial charge in [0.1, 0.15) is 71.6 Å². The SMILES string of the molecule is C/C=C(\C)[C@H]1OC(=O)C(C)(C)NC(=O)C([C@@H](C)CC)NC(=O)CN(C)C(=O)[C@@H](Cc2ccc(Cl)cc2)N(C)C(=O)[C@H](C)NC(=O)[C@@H](CC(C)C)NC(=O)/C(C)=C/C[C@H](C)[C@@H]1C.C/C=C(\C)[C@H]1OC(=O)C(C)(C)NC(=O)C([C@@H](C)CC)NC(=O)CN(C)C(=O)[C@@H](Cc2ccc(Cl)cc2)N(C)C(=O)[C@H](C)NC(=O)[C@@H](CC(C)C)NC(=O)/C(C)=C/C[C@H](O)[C@@H]1C. The van der Waals surface area contributed by atoms with Crippen molar-refractivity contribution >= 4 is 106 Å². The van der Waals surface area contributed by atoms with E-state index in [1.807, 2.05) is 75.3 Å². The van der Waals surface area contributed by atoms with Crippen molar-refractivity contribution in [2.24, 2.45) is 41.4 Å². The largest absolute Gasteiger partial charge is 0.456 e. The molecule has 0 saturated carbocycles. The molecule has 0 fully saturated rings. The molecule has 0 aliphatic carbocycles. The van der Waals surface area contributed by atoms with Crippen molar-refractivity contribution in [3.05, 3.63) is 116 Å². The standard InChI is InChI=1S/C46H71ClN6O8.C45H69ClN6O9/c1-15-27(5)38-42(57)51-46(11,12)45(60)61-39(28(6)16-2)31(9)29(7)17-18-30(8)40(55)49-35(23-26(3)4)41(56)48-32(10)43(58)53(14)36(24-33-19-21-34(47)22-20-33)44(59)52(13)25-37(54)50-38;1-14-26(5)37-41(57)50-45(10,11)44(60)61-38(27(6)15-2)29(8)35(53)21-16-28(7)39(55)48-33(22-25(3)4)40(56)47-30(9)42(58)52(13)34(23-31-17-19-32(46)20-18-31)43(59)51(12)24-36(54)49-37/h16,18-22,26-27,29,31-32,35-36,38-39H,15,17,23-25H2,1-14H3,(H,48,56)(H,49,55)(H,50,54)(H,51,57);15-20,25-26,29-30,33-35,37-38,53H,14,21-24H2,1-13H3,(H,47,56)(H,48,55)(H,49,54)(H,50,57)/b28-16+,30-18+;27-15+,28-16+/t27-,29-,31-,32-,35+,36+,38?,39+;26-,29-,30-,33+,34+,35-,37?,38+/m00/s1. The summed E-state index contributed by atoms with van der Waals surface area (Å²) in [6.07, 6.45) is 6.38. The molecule has 16 atom stereocenters. The van der Waals surface area contributed by atoms with Gasteiger partial charge in [-0.2, -0.15) is 0 Å². The summed E-state index contributed by atoms with van der Waals surface area (Å²) in [5.74, 6) is -10.2. The van der Waals surface area contributed by atoms with Crippen LogP contribution in [-0.4, -0.2) is 227 Å². The molecule has 31 heteroatoms. The number of aliphatic hydroxyl groups excluding tert-OH is 1. The molecule has 0 bridgehead atoms. The highest BCUT2D eigenvalue weighted by Gasteiger charge is 2.44. The molecule has 29 nitrogen and oxygen atoms in total. The fourth-order valence-corrected chi connectivity index (χ4v) is 14.0. The number of amides is 12. The van der Waals surface area contributed by atoms with Gasteiger partial charge in [0.25, 0.3) is 0 Å². The minimum Gasteiger partial charge on any atom is -0.456 e. The summed E-state index contributed by atoms with van der Waals surface area (Å²) in [6, 6.07) is 4.85. The number of rotatable bonds is 14. The van der Waals surface area contributed by atoms with Crippen molar-refractivity contribution in [1.82, 2.24) is 62.1 Å². The number of nitrogens with one attached hydrogen (secondary N) is 8. The van der Waals surface area contributed by atoms with Crippen LogP contribution in [0.25, 0.3) is 0 Å². The first kappa shape index (κ1) is 107. The second-order valence-electron chi connectivity index (χ2n) is 35.1. The van der Waals surface area contributed by atoms with E-state index in [9.17, 15) is 72.2 Å². The van der Waals surface area contributed by atoms with E-state index in [0.29, 0.717) is 58.0 Å². The number of ether oxygens (including phenoxy) is 2. The third-order valence-corrected chi connectivity index (χ3v) is 23.4. The number of hydrogen-bond donors (Lipinski definition) is 9. The number of esters is 2. The Balaban J connectivity index is 0.000000630. The molecule has 2 unspecified atom stereocenters. The Labute approximate surface area is 733 Å². The number of carbonyl (C=O) groups is 14. The normalized spacial score (nSPS) is 27.9. The summed E-state index contributed by atoms with van der Waals surface area (Å²) in [4.78, 5) is 199. The van der Waals surface area contributed by atoms with E-state index in [2.05, 4.69) is 42.5 Å². The molecule has 0 aromatic heterocycles. The summed E-state index contributed by atoms with van der Waals surface area (Å²) >= 11 is 12.3. The van der Waals surface area contributed by atoms with Crippen LogP contribution in [0.5, 0.6) is 0 Å². The fourth-order valence-electron chi connectivity index (χ4n) is 13.8. The van der Waals surface area contributed by atoms with Gasteiger partial charge < -0.3 is 76.7 Å². The first-order valence-corrected chi connectivity index (χ1v) is 43.1. The van der Waals surface area contributed by atoms with Crippen molar-refractivity contribution < 1.29 is 81.7 Å². The van der Waals surface area contributed by atoms with Crippen LogP contribution in [-0.2, 0) is 89.4 Å². The number of hydrogen-bond acceptors (Lipinski definition) is 17. The van der Waals surface area contributed by atoms with E-state index >= 15 is 0 Å². The molecule has 0 spiro atoms. The van der Waals surface area contributed by atoms with E-state index < -0.39 is 185 Å². The maximum atomic E-state index is 14.2. The second kappa shape index (κ2) is 49.1. The van der Waals surface area contributed by atoms with Gasteiger partial charge in [0.15, 0.2) is 0 Å². The lowest BCUT2D eigenvalue weighted by atomic mass is 9.84. The minimum atomic E-state index is -1.58. The van der Waals surface area contributed by atoms with Crippen LogP contribution in [0, 0.1) is 41.4 Å². The Morgan fingerprint density at radius 1 is 0.492 bits per heavy atom. The van der Waals surface area contributed by atoms with Crippen LogP contribution in [0.2, 0.25) is 10.0 Å². The molecule has 2 aliphatic rings. The van der Waals surface area contributed by atoms with Gasteiger partial charge in [0, 0.05) is 68.1 Å². The zero-order valence-corrected chi connectivity index (χ0v) is 78.4. The Hall–Kier alpha value is -9.48. The molecule has 0 radical (unpaired) electrons. The van der Waals surface area contributed by atoms with E-state index in [0.717, 1.165) is 10.5 Å². The molecule has 0 saturated heterocycles. The van der Waals surface area contributed by atoms with Crippen molar-refractivity contribution in [3.8, 4) is 0 Å². The minimum absolute atomic E-state index is 0.00584. The Kier molecular flexibility index (Phi) is 43.0. The van der Waals surface area contributed by atoms with Gasteiger partial charge in [-0.3, -0.25) is 57.5 Å². The molecule has 2 heterocycles. The van der Waals surface area contributed by atoms with E-state index in [1.54, 1.807) is 109 Å². The van der Waals surface area contributed by atoms with Crippen LogP contribution < -0.4 is 42.5 Å². The van der Waals surface area contributed by atoms with Crippen molar-refractivity contribution in [1.29, 1.82) is 0 Å². The molecule has 12 amide bonds. The number of nitrogens with zero attached hydrogens (tertiary/aromatic N) is 4. The van der Waals surface area contributed by atoms with E-state index in [-0.39, 0.29) is 60.8 Å². The highest BCUT2D eigenvalue weighted by Crippen LogP contribution is 2.30. The topological polar surface area (TPSA) is 387 Å². The summed E-state index contributed by atoms with van der Waals surface area (Å²) < 4.78 is 12.1. The number of benzene rings is 2. The number of allylic oxidation sites excluding steroid dienone is 3. The predicted octanol–water partition coefficient (Wildman–Crippen LogP) is 8.98. The van der Waals surface area contributed by atoms with Gasteiger partial charge in [-0.1, -0.05) is 161 Å². The van der Waals surface area contributed by atoms with Crippen LogP contribution in [0.4, 0.5) is 0 Å². The van der Waals surface area contributed by atoms with Crippen molar-refractivity contribution in [2.45, 2.75) is 288 Å². The smallest absolute Gasteiger partial charge is 0.331 e. The summed E-state index contributed by atoms with van der Waals surface area (Å²) in [5, 5.41) is 34.4. The Bertz CT molecular complexity index is 3850. The lowest BCUT2D eigenvalue weighted by Crippen LogP contribution is -2.60. The average molecular weight is 1750 g/mol. The molecule has 680 valence electrons. The number of cyclic esters (lactones) is 2. The van der Waals surface area contributed by atoms with Gasteiger partial charge in [0.2, 0.25) is 70.9 Å². The number of aliphatic hydroxyl groups is 1. The lowest BCUT2D eigenvalue weighted by molar-refractivity contribution is -0.160. The summed E-state index contributed by atoms with van der Waals surface area (Å²) in [6.45, 7) is 39.1. The fraction of sp³-hybridized carbons (Fsp3) is 0.626. The Morgan fingerprint density at radius 2 is 0.820 bits per heavy atom. The summed E-state index contributed by atoms with van der Waals surface area (Å²) in [5.41, 5.74) is 0.343. The third kappa shape index (κ3) is 32.3. The molecular formula is C91H140Cl2N12O17.